The molecule has 0 spiro atoms. The second-order valence-electron chi connectivity index (χ2n) is 5.28. The fraction of sp³-hybridized carbons (Fsp3) is 0.400. The zero-order chi connectivity index (χ0) is 16.4. The first-order valence-electron chi connectivity index (χ1n) is 7.25. The average Bonchev–Trinajstić information content (AvgIpc) is 2.90. The molecule has 122 valence electrons. The van der Waals surface area contributed by atoms with Gasteiger partial charge in [0.25, 0.3) is 5.91 Å². The van der Waals surface area contributed by atoms with Crippen LogP contribution in [0, 0.1) is 0 Å². The third-order valence-corrected chi connectivity index (χ3v) is 4.84. The Morgan fingerprint density at radius 1 is 1.30 bits per heavy atom. The first kappa shape index (κ1) is 15.8. The van der Waals surface area contributed by atoms with Crippen LogP contribution in [-0.2, 0) is 9.53 Å². The number of thioether (sulfide) groups is 1. The van der Waals surface area contributed by atoms with Crippen LogP contribution in [0.5, 0.6) is 0 Å². The molecular weight excluding hydrogens is 316 g/mol. The van der Waals surface area contributed by atoms with Crippen LogP contribution in [0.3, 0.4) is 0 Å². The van der Waals surface area contributed by atoms with Gasteiger partial charge in [-0.2, -0.15) is 0 Å². The van der Waals surface area contributed by atoms with Crippen molar-refractivity contribution in [1.29, 1.82) is 0 Å². The Bertz CT molecular complexity index is 637. The molecule has 1 aromatic rings. The Kier molecular flexibility index (Phi) is 4.53. The van der Waals surface area contributed by atoms with Gasteiger partial charge in [0.2, 0.25) is 0 Å². The number of rotatable bonds is 4. The lowest BCUT2D eigenvalue weighted by molar-refractivity contribution is -0.127. The number of benzene rings is 1. The molecule has 0 radical (unpaired) electrons. The molecule has 23 heavy (non-hydrogen) atoms. The highest BCUT2D eigenvalue weighted by Crippen LogP contribution is 2.31. The number of amides is 3. The third-order valence-electron chi connectivity index (χ3n) is 3.81. The number of carbonyl (C=O) groups excluding carboxylic acids is 2. The molecule has 2 aliphatic heterocycles. The summed E-state index contributed by atoms with van der Waals surface area (Å²) < 4.78 is 5.15. The maximum Gasteiger partial charge on any atom is 0.325 e. The molecule has 1 fully saturated rings. The van der Waals surface area contributed by atoms with E-state index in [1.54, 1.807) is 14.2 Å². The van der Waals surface area contributed by atoms with Gasteiger partial charge in [0.1, 0.15) is 0 Å². The average molecular weight is 334 g/mol. The number of methoxy groups -OCH3 is 1. The minimum absolute atomic E-state index is 0.318. The highest BCUT2D eigenvalue weighted by molar-refractivity contribution is 8.13. The van der Waals surface area contributed by atoms with Crippen LogP contribution >= 0.6 is 11.8 Å². The van der Waals surface area contributed by atoms with Crippen molar-refractivity contribution in [2.24, 2.45) is 4.99 Å². The fourth-order valence-corrected chi connectivity index (χ4v) is 3.59. The van der Waals surface area contributed by atoms with Crippen molar-refractivity contribution in [3.05, 3.63) is 30.3 Å². The number of imide groups is 1. The Morgan fingerprint density at radius 3 is 2.74 bits per heavy atom. The molecule has 8 heteroatoms. The van der Waals surface area contributed by atoms with E-state index in [1.165, 1.54) is 16.7 Å². The van der Waals surface area contributed by atoms with Gasteiger partial charge in [-0.25, -0.2) is 9.79 Å². The van der Waals surface area contributed by atoms with Crippen LogP contribution in [0.25, 0.3) is 0 Å². The summed E-state index contributed by atoms with van der Waals surface area (Å²) in [4.78, 5) is 33.1. The minimum atomic E-state index is -0.515. The predicted octanol–water partition coefficient (Wildman–Crippen LogP) is 0.973. The lowest BCUT2D eigenvalue weighted by Gasteiger charge is -2.36. The normalized spacial score (nSPS) is 23.7. The number of hydrogen-bond acceptors (Lipinski definition) is 6. The van der Waals surface area contributed by atoms with Gasteiger partial charge in [-0.05, 0) is 12.1 Å². The number of fused-ring (bicyclic) bond motifs is 1. The van der Waals surface area contributed by atoms with Crippen molar-refractivity contribution in [1.82, 2.24) is 15.1 Å². The second kappa shape index (κ2) is 6.59. The summed E-state index contributed by atoms with van der Waals surface area (Å²) >= 11 is 1.48. The van der Waals surface area contributed by atoms with E-state index in [0.717, 1.165) is 10.1 Å². The molecule has 0 aromatic heterocycles. The van der Waals surface area contributed by atoms with Crippen molar-refractivity contribution >= 4 is 28.9 Å². The van der Waals surface area contributed by atoms with Crippen LogP contribution < -0.4 is 5.32 Å². The first-order chi connectivity index (χ1) is 11.1. The Hall–Kier alpha value is -2.06. The molecule has 7 nitrogen and oxygen atoms in total. The molecule has 3 amide bonds. The van der Waals surface area contributed by atoms with E-state index in [4.69, 9.17) is 4.74 Å². The van der Waals surface area contributed by atoms with Crippen molar-refractivity contribution in [3.63, 3.8) is 0 Å². The molecular formula is C15H18N4O3S. The number of hydrogen-bond donors (Lipinski definition) is 1. The van der Waals surface area contributed by atoms with E-state index in [-0.39, 0.29) is 5.91 Å². The van der Waals surface area contributed by atoms with Gasteiger partial charge in [0.15, 0.2) is 17.4 Å². The van der Waals surface area contributed by atoms with Gasteiger partial charge in [-0.1, -0.05) is 30.0 Å². The number of carbonyl (C=O) groups is 2. The largest absolute Gasteiger partial charge is 0.383 e. The van der Waals surface area contributed by atoms with Crippen LogP contribution in [-0.4, -0.2) is 66.4 Å². The van der Waals surface area contributed by atoms with Crippen LogP contribution in [0.2, 0.25) is 0 Å². The number of nitrogens with one attached hydrogen (secondary N) is 1. The molecule has 2 atom stereocenters. The van der Waals surface area contributed by atoms with Gasteiger partial charge in [-0.3, -0.25) is 10.1 Å². The minimum Gasteiger partial charge on any atom is -0.383 e. The van der Waals surface area contributed by atoms with E-state index >= 15 is 0 Å². The Balaban J connectivity index is 1.88. The molecule has 2 heterocycles. The van der Waals surface area contributed by atoms with Gasteiger partial charge >= 0.3 is 6.03 Å². The maximum absolute atomic E-state index is 12.3. The van der Waals surface area contributed by atoms with Gasteiger partial charge in [0.05, 0.1) is 6.61 Å². The monoisotopic (exact) mass is 334 g/mol. The first-order valence-corrected chi connectivity index (χ1v) is 8.07. The zero-order valence-corrected chi connectivity index (χ0v) is 13.7. The summed E-state index contributed by atoms with van der Waals surface area (Å²) in [7, 11) is 3.26. The van der Waals surface area contributed by atoms with Crippen molar-refractivity contribution in [3.8, 4) is 0 Å². The van der Waals surface area contributed by atoms with E-state index in [0.29, 0.717) is 13.2 Å². The number of likely N-dealkylation sites (N-methyl/N-ethyl adjacent to an activating group) is 1. The molecule has 0 aliphatic carbocycles. The molecule has 1 saturated heterocycles. The molecule has 2 unspecified atom stereocenters. The Morgan fingerprint density at radius 2 is 2.04 bits per heavy atom. The lowest BCUT2D eigenvalue weighted by atomic mass is 10.1. The number of urea groups is 1. The van der Waals surface area contributed by atoms with E-state index in [1.807, 2.05) is 35.2 Å². The van der Waals surface area contributed by atoms with E-state index in [9.17, 15) is 9.59 Å². The standard InChI is InChI=1S/C15H18N4O3S/c1-18-12-11(13(20)17-14(18)21)19(8-9-22-2)15(16-12)23-10-6-4-3-5-7-10/h3-7,11-12H,8-9H2,1-2H3,(H,17,20,21). The Labute approximate surface area is 138 Å². The quantitative estimate of drug-likeness (QED) is 0.888. The molecule has 0 bridgehead atoms. The van der Waals surface area contributed by atoms with Crippen LogP contribution in [0.15, 0.2) is 40.2 Å². The van der Waals surface area contributed by atoms with Gasteiger partial charge in [-0.15, -0.1) is 0 Å². The summed E-state index contributed by atoms with van der Waals surface area (Å²) in [6.45, 7) is 1.01. The molecule has 1 N–H and O–H groups in total. The van der Waals surface area contributed by atoms with Crippen LogP contribution in [0.1, 0.15) is 0 Å². The van der Waals surface area contributed by atoms with Crippen molar-refractivity contribution in [2.75, 3.05) is 27.3 Å². The number of nitrogens with zero attached hydrogens (tertiary/aromatic N) is 3. The van der Waals surface area contributed by atoms with E-state index in [2.05, 4.69) is 10.3 Å². The topological polar surface area (TPSA) is 74.2 Å². The molecule has 0 saturated carbocycles. The van der Waals surface area contributed by atoms with Crippen molar-refractivity contribution < 1.29 is 14.3 Å². The van der Waals surface area contributed by atoms with Crippen LogP contribution in [0.4, 0.5) is 4.79 Å². The highest BCUT2D eigenvalue weighted by Gasteiger charge is 2.48. The van der Waals surface area contributed by atoms with Crippen molar-refractivity contribution in [2.45, 2.75) is 17.1 Å². The maximum atomic E-state index is 12.3. The number of amidine groups is 1. The SMILES string of the molecule is COCCN1C(Sc2ccccc2)=NC2C1C(=O)NC(=O)N2C. The number of ether oxygens (including phenoxy) is 1. The fourth-order valence-electron chi connectivity index (χ4n) is 2.60. The number of aliphatic imine (C=N–C) groups is 1. The summed E-state index contributed by atoms with van der Waals surface area (Å²) in [6, 6.07) is 8.89. The predicted molar refractivity (Wildman–Crippen MR) is 87.2 cm³/mol. The third kappa shape index (κ3) is 3.04. The summed E-state index contributed by atoms with van der Waals surface area (Å²) in [6.07, 6.45) is -0.501. The zero-order valence-electron chi connectivity index (χ0n) is 12.9. The smallest absolute Gasteiger partial charge is 0.325 e. The summed E-state index contributed by atoms with van der Waals surface area (Å²) in [5, 5.41) is 3.10. The second-order valence-corrected chi connectivity index (χ2v) is 6.32. The summed E-state index contributed by atoms with van der Waals surface area (Å²) in [5.41, 5.74) is 0. The van der Waals surface area contributed by atoms with Gasteiger partial charge in [0, 0.05) is 25.6 Å². The lowest BCUT2D eigenvalue weighted by Crippen LogP contribution is -2.63. The van der Waals surface area contributed by atoms with E-state index < -0.39 is 18.2 Å². The molecule has 3 rings (SSSR count). The highest BCUT2D eigenvalue weighted by atomic mass is 32.2. The molecule has 2 aliphatic rings. The summed E-state index contributed by atoms with van der Waals surface area (Å²) in [5.74, 6) is -0.318. The van der Waals surface area contributed by atoms with Gasteiger partial charge < -0.3 is 14.5 Å². The molecule has 1 aromatic carbocycles.